The average Bonchev–Trinajstić information content (AvgIpc) is 3.09. The minimum atomic E-state index is 0.103. The molecular weight excluding hydrogens is 322 g/mol. The first-order chi connectivity index (χ1) is 9.69. The molecular formula is C13H16BrN5O. The molecule has 3 rings (SSSR count). The van der Waals surface area contributed by atoms with Crippen molar-refractivity contribution in [2.24, 2.45) is 0 Å². The second kappa shape index (κ2) is 5.49. The number of nitrogens with zero attached hydrogens (tertiary/aromatic N) is 4. The van der Waals surface area contributed by atoms with Crippen LogP contribution in [-0.4, -0.2) is 46.7 Å². The third-order valence-electron chi connectivity index (χ3n) is 3.74. The normalized spacial score (nSPS) is 22.4. The van der Waals surface area contributed by atoms with Gasteiger partial charge in [0, 0.05) is 30.9 Å². The average molecular weight is 338 g/mol. The molecule has 2 atom stereocenters. The fourth-order valence-corrected chi connectivity index (χ4v) is 2.79. The largest absolute Gasteiger partial charge is 0.379 e. The lowest BCUT2D eigenvalue weighted by molar-refractivity contribution is 0.105. The van der Waals surface area contributed by atoms with Gasteiger partial charge in [-0.2, -0.15) is 15.4 Å². The van der Waals surface area contributed by atoms with Crippen molar-refractivity contribution in [3.63, 3.8) is 0 Å². The summed E-state index contributed by atoms with van der Waals surface area (Å²) in [5, 5.41) is 10.7. The number of methoxy groups -OCH3 is 1. The minimum absolute atomic E-state index is 0.103. The Balaban J connectivity index is 1.84. The Hall–Kier alpha value is -1.47. The van der Waals surface area contributed by atoms with E-state index in [1.807, 2.05) is 6.20 Å². The third-order valence-corrected chi connectivity index (χ3v) is 4.57. The number of aromatic nitrogens is 4. The molecule has 3 heterocycles. The zero-order valence-corrected chi connectivity index (χ0v) is 13.0. The molecule has 1 fully saturated rings. The molecule has 2 aromatic rings. The van der Waals surface area contributed by atoms with Crippen LogP contribution in [0.1, 0.15) is 17.2 Å². The number of anilines is 1. The maximum Gasteiger partial charge on any atom is 0.128 e. The molecule has 106 valence electrons. The highest BCUT2D eigenvalue weighted by atomic mass is 79.9. The molecule has 1 aliphatic heterocycles. The van der Waals surface area contributed by atoms with E-state index in [4.69, 9.17) is 4.74 Å². The molecule has 0 spiro atoms. The van der Waals surface area contributed by atoms with Crippen molar-refractivity contribution in [2.75, 3.05) is 25.1 Å². The lowest BCUT2D eigenvalue weighted by Gasteiger charge is -2.17. The van der Waals surface area contributed by atoms with E-state index in [0.717, 1.165) is 29.1 Å². The monoisotopic (exact) mass is 337 g/mol. The smallest absolute Gasteiger partial charge is 0.128 e. The van der Waals surface area contributed by atoms with Crippen LogP contribution in [0.2, 0.25) is 0 Å². The van der Waals surface area contributed by atoms with Crippen LogP contribution in [0.25, 0.3) is 0 Å². The number of pyridine rings is 1. The predicted octanol–water partition coefficient (Wildman–Crippen LogP) is 1.89. The number of hydrogen-bond acceptors (Lipinski definition) is 5. The predicted molar refractivity (Wildman–Crippen MR) is 78.8 cm³/mol. The Morgan fingerprint density at radius 1 is 1.40 bits per heavy atom. The summed E-state index contributed by atoms with van der Waals surface area (Å²) in [5.41, 5.74) is 2.11. The molecule has 0 radical (unpaired) electrons. The summed E-state index contributed by atoms with van der Waals surface area (Å²) in [6.07, 6.45) is 3.71. The van der Waals surface area contributed by atoms with Crippen LogP contribution in [-0.2, 0) is 4.74 Å². The molecule has 0 bridgehead atoms. The van der Waals surface area contributed by atoms with Crippen molar-refractivity contribution >= 4 is 21.7 Å². The highest BCUT2D eigenvalue weighted by molar-refractivity contribution is 9.10. The van der Waals surface area contributed by atoms with E-state index in [9.17, 15) is 0 Å². The maximum absolute atomic E-state index is 5.59. The van der Waals surface area contributed by atoms with Gasteiger partial charge in [-0.1, -0.05) is 0 Å². The minimum Gasteiger partial charge on any atom is -0.379 e. The number of nitrogens with one attached hydrogen (secondary N) is 1. The van der Waals surface area contributed by atoms with Gasteiger partial charge in [-0.05, 0) is 34.5 Å². The molecule has 2 aromatic heterocycles. The van der Waals surface area contributed by atoms with Crippen molar-refractivity contribution in [3.05, 3.63) is 34.2 Å². The van der Waals surface area contributed by atoms with Crippen LogP contribution in [0.15, 0.2) is 22.9 Å². The first kappa shape index (κ1) is 13.5. The number of halogens is 1. The summed E-state index contributed by atoms with van der Waals surface area (Å²) in [5.74, 6) is 1.18. The summed E-state index contributed by atoms with van der Waals surface area (Å²) in [6.45, 7) is 3.70. The summed E-state index contributed by atoms with van der Waals surface area (Å²) in [6, 6.07) is 2.09. The molecule has 20 heavy (non-hydrogen) atoms. The fourth-order valence-electron chi connectivity index (χ4n) is 2.57. The summed E-state index contributed by atoms with van der Waals surface area (Å²) >= 11 is 3.48. The van der Waals surface area contributed by atoms with Gasteiger partial charge in [0.05, 0.1) is 23.9 Å². The molecule has 0 amide bonds. The Labute approximate surface area is 125 Å². The van der Waals surface area contributed by atoms with E-state index in [1.165, 1.54) is 5.56 Å². The van der Waals surface area contributed by atoms with E-state index in [1.54, 1.807) is 13.3 Å². The van der Waals surface area contributed by atoms with Gasteiger partial charge >= 0.3 is 0 Å². The number of ether oxygens (including phenoxy) is 1. The highest BCUT2D eigenvalue weighted by Gasteiger charge is 2.36. The second-order valence-electron chi connectivity index (χ2n) is 4.97. The molecule has 0 unspecified atom stereocenters. The van der Waals surface area contributed by atoms with E-state index in [0.29, 0.717) is 0 Å². The van der Waals surface area contributed by atoms with Gasteiger partial charge in [-0.15, -0.1) is 0 Å². The van der Waals surface area contributed by atoms with Crippen molar-refractivity contribution < 1.29 is 4.74 Å². The van der Waals surface area contributed by atoms with E-state index in [-0.39, 0.29) is 12.0 Å². The molecule has 1 N–H and O–H groups in total. The van der Waals surface area contributed by atoms with Gasteiger partial charge in [0.2, 0.25) is 0 Å². The van der Waals surface area contributed by atoms with Crippen molar-refractivity contribution in [1.29, 1.82) is 0 Å². The lowest BCUT2D eigenvalue weighted by Crippen LogP contribution is -2.23. The first-order valence-electron chi connectivity index (χ1n) is 6.44. The van der Waals surface area contributed by atoms with Gasteiger partial charge < -0.3 is 9.64 Å². The lowest BCUT2D eigenvalue weighted by atomic mass is 10.0. The number of rotatable bonds is 3. The van der Waals surface area contributed by atoms with Crippen LogP contribution in [0.3, 0.4) is 0 Å². The van der Waals surface area contributed by atoms with Crippen molar-refractivity contribution in [2.45, 2.75) is 18.9 Å². The Morgan fingerprint density at radius 3 is 2.90 bits per heavy atom. The van der Waals surface area contributed by atoms with Gasteiger partial charge in [0.15, 0.2) is 0 Å². The first-order valence-corrected chi connectivity index (χ1v) is 7.24. The van der Waals surface area contributed by atoms with Crippen molar-refractivity contribution in [1.82, 2.24) is 20.4 Å². The SMILES string of the molecule is CO[C@@H]1CN(c2cc(C)c(Br)cn2)C[C@H]1c1cn[nH]n1. The van der Waals surface area contributed by atoms with Gasteiger partial charge in [-0.3, -0.25) is 0 Å². The van der Waals surface area contributed by atoms with Crippen LogP contribution in [0.4, 0.5) is 5.82 Å². The number of aromatic amines is 1. The molecule has 1 aliphatic rings. The maximum atomic E-state index is 5.59. The standard InChI is InChI=1S/C13H16BrN5O/c1-8-3-13(15-4-10(8)14)19-6-9(12(7-19)20-2)11-5-16-18-17-11/h3-5,9,12H,6-7H2,1-2H3,(H,16,17,18)/t9-,12+/m0/s1. The summed E-state index contributed by atoms with van der Waals surface area (Å²) in [4.78, 5) is 6.71. The molecule has 0 aliphatic carbocycles. The molecule has 6 nitrogen and oxygen atoms in total. The molecule has 7 heteroatoms. The van der Waals surface area contributed by atoms with Gasteiger partial charge in [0.25, 0.3) is 0 Å². The molecule has 0 aromatic carbocycles. The number of aryl methyl sites for hydroxylation is 1. The quantitative estimate of drug-likeness (QED) is 0.926. The Kier molecular flexibility index (Phi) is 3.71. The van der Waals surface area contributed by atoms with Gasteiger partial charge in [0.1, 0.15) is 5.82 Å². The van der Waals surface area contributed by atoms with E-state index in [2.05, 4.69) is 54.2 Å². The molecule has 1 saturated heterocycles. The van der Waals surface area contributed by atoms with Crippen LogP contribution in [0, 0.1) is 6.92 Å². The van der Waals surface area contributed by atoms with Crippen LogP contribution < -0.4 is 4.90 Å². The fraction of sp³-hybridized carbons (Fsp3) is 0.462. The van der Waals surface area contributed by atoms with E-state index >= 15 is 0 Å². The summed E-state index contributed by atoms with van der Waals surface area (Å²) in [7, 11) is 1.74. The Bertz CT molecular complexity index is 588. The van der Waals surface area contributed by atoms with Crippen LogP contribution >= 0.6 is 15.9 Å². The van der Waals surface area contributed by atoms with E-state index < -0.39 is 0 Å². The third kappa shape index (κ3) is 2.43. The van der Waals surface area contributed by atoms with Gasteiger partial charge in [-0.25, -0.2) is 4.98 Å². The number of hydrogen-bond donors (Lipinski definition) is 1. The molecule has 0 saturated carbocycles. The topological polar surface area (TPSA) is 66.9 Å². The van der Waals surface area contributed by atoms with Crippen LogP contribution in [0.5, 0.6) is 0 Å². The second-order valence-corrected chi connectivity index (χ2v) is 5.83. The Morgan fingerprint density at radius 2 is 2.25 bits per heavy atom. The van der Waals surface area contributed by atoms with Crippen molar-refractivity contribution in [3.8, 4) is 0 Å². The summed E-state index contributed by atoms with van der Waals surface area (Å²) < 4.78 is 6.62. The zero-order valence-electron chi connectivity index (χ0n) is 11.4. The number of H-pyrrole nitrogens is 1. The highest BCUT2D eigenvalue weighted by Crippen LogP contribution is 2.31. The zero-order chi connectivity index (χ0) is 14.1.